The number of nitrogens with zero attached hydrogens (tertiary/aromatic N) is 3. The molecule has 2 aliphatic rings. The molecule has 2 saturated heterocycles. The van der Waals surface area contributed by atoms with Crippen molar-refractivity contribution in [3.05, 3.63) is 29.8 Å². The average molecular weight is 553 g/mol. The zero-order valence-electron chi connectivity index (χ0n) is 17.6. The fraction of sp³-hybridized carbons (Fsp3) is 0.650. The van der Waals surface area contributed by atoms with Crippen LogP contribution in [0.25, 0.3) is 0 Å². The smallest absolute Gasteiger partial charge is 0.243 e. The van der Waals surface area contributed by atoms with Crippen molar-refractivity contribution in [1.29, 1.82) is 0 Å². The molecule has 164 valence electrons. The van der Waals surface area contributed by atoms with Gasteiger partial charge in [0.25, 0.3) is 0 Å². The molecule has 0 atom stereocenters. The highest BCUT2D eigenvalue weighted by Gasteiger charge is 2.30. The Morgan fingerprint density at radius 1 is 1.17 bits per heavy atom. The quantitative estimate of drug-likeness (QED) is 0.353. The van der Waals surface area contributed by atoms with Gasteiger partial charge in [-0.3, -0.25) is 4.99 Å². The Hall–Kier alpha value is -0.520. The van der Waals surface area contributed by atoms with Crippen molar-refractivity contribution in [2.24, 2.45) is 4.99 Å². The van der Waals surface area contributed by atoms with Crippen molar-refractivity contribution in [2.45, 2.75) is 49.3 Å². The molecule has 0 amide bonds. The second kappa shape index (κ2) is 10.7. The number of thioether (sulfide) groups is 1. The maximum absolute atomic E-state index is 13.2. The number of rotatable bonds is 4. The van der Waals surface area contributed by atoms with Crippen LogP contribution in [0.5, 0.6) is 0 Å². The molecule has 3 rings (SSSR count). The predicted octanol–water partition coefficient (Wildman–Crippen LogP) is 3.38. The van der Waals surface area contributed by atoms with Gasteiger partial charge in [0.15, 0.2) is 5.96 Å². The Kier molecular flexibility index (Phi) is 9.11. The second-order valence-corrected chi connectivity index (χ2v) is 11.7. The van der Waals surface area contributed by atoms with E-state index in [1.165, 1.54) is 0 Å². The van der Waals surface area contributed by atoms with E-state index in [2.05, 4.69) is 29.1 Å². The van der Waals surface area contributed by atoms with E-state index in [9.17, 15) is 8.42 Å². The molecule has 6 nitrogen and oxygen atoms in total. The number of hydrogen-bond acceptors (Lipinski definition) is 4. The van der Waals surface area contributed by atoms with Gasteiger partial charge in [-0.05, 0) is 38.3 Å². The molecule has 9 heteroatoms. The van der Waals surface area contributed by atoms with E-state index in [1.54, 1.807) is 23.5 Å². The second-order valence-electron chi connectivity index (χ2n) is 8.00. The number of nitrogens with one attached hydrogen (secondary N) is 1. The molecule has 2 fully saturated rings. The van der Waals surface area contributed by atoms with Crippen molar-refractivity contribution in [3.63, 3.8) is 0 Å². The minimum atomic E-state index is -3.45. The van der Waals surface area contributed by atoms with Gasteiger partial charge in [-0.15, -0.1) is 24.0 Å². The molecule has 1 aromatic rings. The van der Waals surface area contributed by atoms with E-state index >= 15 is 0 Å². The van der Waals surface area contributed by atoms with Gasteiger partial charge in [0.2, 0.25) is 10.0 Å². The molecule has 0 aliphatic carbocycles. The minimum absolute atomic E-state index is 0. The Bertz CT molecular complexity index is 808. The van der Waals surface area contributed by atoms with E-state index in [1.807, 2.05) is 23.9 Å². The molecule has 1 N–H and O–H groups in total. The summed E-state index contributed by atoms with van der Waals surface area (Å²) < 4.78 is 28.1. The zero-order valence-corrected chi connectivity index (χ0v) is 21.5. The molecule has 0 aromatic heterocycles. The lowest BCUT2D eigenvalue weighted by atomic mass is 10.2. The average Bonchev–Trinajstić information content (AvgIpc) is 2.69. The van der Waals surface area contributed by atoms with Gasteiger partial charge >= 0.3 is 0 Å². The first kappa shape index (κ1) is 24.7. The van der Waals surface area contributed by atoms with Gasteiger partial charge in [0, 0.05) is 50.3 Å². The number of aliphatic imine (C=N–C) groups is 1. The van der Waals surface area contributed by atoms with Crippen LogP contribution >= 0.6 is 35.7 Å². The molecule has 1 aromatic carbocycles. The van der Waals surface area contributed by atoms with Gasteiger partial charge in [0.1, 0.15) is 0 Å². The summed E-state index contributed by atoms with van der Waals surface area (Å²) in [7, 11) is -1.67. The van der Waals surface area contributed by atoms with Crippen LogP contribution < -0.4 is 5.32 Å². The van der Waals surface area contributed by atoms with Crippen LogP contribution in [0.1, 0.15) is 38.7 Å². The SMILES string of the molecule is CN=C(NCc1ccccc1S(=O)(=O)N1CCCCC1)N1CCSC(C)(C)C1.I. The molecule has 0 unspecified atom stereocenters. The third kappa shape index (κ3) is 6.24. The first-order valence-corrected chi connectivity index (χ1v) is 12.4. The number of piperidine rings is 1. The van der Waals surface area contributed by atoms with Gasteiger partial charge in [-0.1, -0.05) is 24.6 Å². The van der Waals surface area contributed by atoms with Crippen molar-refractivity contribution >= 4 is 51.7 Å². The summed E-state index contributed by atoms with van der Waals surface area (Å²) in [5, 5.41) is 3.39. The van der Waals surface area contributed by atoms with Crippen molar-refractivity contribution in [3.8, 4) is 0 Å². The van der Waals surface area contributed by atoms with Crippen LogP contribution in [0.3, 0.4) is 0 Å². The molecule has 2 heterocycles. The monoisotopic (exact) mass is 552 g/mol. The molecular formula is C20H33IN4O2S2. The van der Waals surface area contributed by atoms with E-state index in [0.29, 0.717) is 24.5 Å². The molecule has 0 saturated carbocycles. The highest BCUT2D eigenvalue weighted by molar-refractivity contribution is 14.0. The van der Waals surface area contributed by atoms with Crippen molar-refractivity contribution in [1.82, 2.24) is 14.5 Å². The summed E-state index contributed by atoms with van der Waals surface area (Å²) in [5.74, 6) is 1.90. The first-order chi connectivity index (χ1) is 13.3. The molecule has 2 aliphatic heterocycles. The normalized spacial score (nSPS) is 20.8. The zero-order chi connectivity index (χ0) is 20.2. The van der Waals surface area contributed by atoms with Gasteiger partial charge < -0.3 is 10.2 Å². The third-order valence-electron chi connectivity index (χ3n) is 5.28. The molecule has 29 heavy (non-hydrogen) atoms. The maximum atomic E-state index is 13.2. The number of benzene rings is 1. The summed E-state index contributed by atoms with van der Waals surface area (Å²) in [4.78, 5) is 7.11. The Morgan fingerprint density at radius 3 is 2.52 bits per heavy atom. The van der Waals surface area contributed by atoms with Crippen LogP contribution in [0.2, 0.25) is 0 Å². The van der Waals surface area contributed by atoms with E-state index < -0.39 is 10.0 Å². The van der Waals surface area contributed by atoms with Gasteiger partial charge in [0.05, 0.1) is 4.90 Å². The molecular weight excluding hydrogens is 519 g/mol. The highest BCUT2D eigenvalue weighted by atomic mass is 127. The topological polar surface area (TPSA) is 65.0 Å². The van der Waals surface area contributed by atoms with Crippen LogP contribution in [-0.2, 0) is 16.6 Å². The number of halogens is 1. The highest BCUT2D eigenvalue weighted by Crippen LogP contribution is 2.29. The first-order valence-electron chi connectivity index (χ1n) is 10.0. The molecule has 0 spiro atoms. The Balaban J connectivity index is 0.00000300. The summed E-state index contributed by atoms with van der Waals surface area (Å²) >= 11 is 1.98. The summed E-state index contributed by atoms with van der Waals surface area (Å²) in [6, 6.07) is 7.33. The summed E-state index contributed by atoms with van der Waals surface area (Å²) in [6.07, 6.45) is 2.99. The predicted molar refractivity (Wildman–Crippen MR) is 133 cm³/mol. The van der Waals surface area contributed by atoms with E-state index in [4.69, 9.17) is 0 Å². The summed E-state index contributed by atoms with van der Waals surface area (Å²) in [6.45, 7) is 8.04. The molecule has 0 bridgehead atoms. The van der Waals surface area contributed by atoms with Crippen LogP contribution in [-0.4, -0.2) is 67.3 Å². The Morgan fingerprint density at radius 2 is 1.86 bits per heavy atom. The fourth-order valence-corrected chi connectivity index (χ4v) is 6.70. The van der Waals surface area contributed by atoms with Crippen LogP contribution in [0.4, 0.5) is 0 Å². The number of hydrogen-bond donors (Lipinski definition) is 1. The summed E-state index contributed by atoms with van der Waals surface area (Å²) in [5.41, 5.74) is 0.792. The lowest BCUT2D eigenvalue weighted by Gasteiger charge is -2.39. The van der Waals surface area contributed by atoms with Gasteiger partial charge in [-0.2, -0.15) is 16.1 Å². The van der Waals surface area contributed by atoms with Crippen LogP contribution in [0, 0.1) is 0 Å². The standard InChI is InChI=1S/C20H32N4O2S2.HI/c1-20(2)16-23(13-14-27-20)19(21-3)22-15-17-9-5-6-10-18(17)28(25,26)24-11-7-4-8-12-24;/h5-6,9-10H,4,7-8,11-16H2,1-3H3,(H,21,22);1H. The number of guanidine groups is 1. The minimum Gasteiger partial charge on any atom is -0.352 e. The van der Waals surface area contributed by atoms with Gasteiger partial charge in [-0.25, -0.2) is 8.42 Å². The number of sulfonamides is 1. The molecule has 0 radical (unpaired) electrons. The van der Waals surface area contributed by atoms with Crippen molar-refractivity contribution in [2.75, 3.05) is 39.0 Å². The van der Waals surface area contributed by atoms with Crippen LogP contribution in [0.15, 0.2) is 34.2 Å². The Labute approximate surface area is 197 Å². The lowest BCUT2D eigenvalue weighted by Crippen LogP contribution is -2.50. The van der Waals surface area contributed by atoms with Crippen molar-refractivity contribution < 1.29 is 8.42 Å². The lowest BCUT2D eigenvalue weighted by molar-refractivity contribution is 0.346. The maximum Gasteiger partial charge on any atom is 0.243 e. The largest absolute Gasteiger partial charge is 0.352 e. The van der Waals surface area contributed by atoms with E-state index in [0.717, 1.165) is 49.6 Å². The fourth-order valence-electron chi connectivity index (χ4n) is 3.85. The third-order valence-corrected chi connectivity index (χ3v) is 8.58. The van der Waals surface area contributed by atoms with E-state index in [-0.39, 0.29) is 28.7 Å².